The highest BCUT2D eigenvalue weighted by Crippen LogP contribution is 2.23. The highest BCUT2D eigenvalue weighted by Gasteiger charge is 2.18. The van der Waals surface area contributed by atoms with Crippen LogP contribution >= 0.6 is 0 Å². The molecule has 1 atom stereocenters. The highest BCUT2D eigenvalue weighted by molar-refractivity contribution is 6.10. The molecular weight excluding hydrogens is 496 g/mol. The molecule has 1 aliphatic carbocycles. The first-order chi connectivity index (χ1) is 19.1. The zero-order chi connectivity index (χ0) is 30.1. The summed E-state index contributed by atoms with van der Waals surface area (Å²) in [5.41, 5.74) is 12.8. The number of aryl methyl sites for hydroxylation is 1. The molecule has 40 heavy (non-hydrogen) atoms. The predicted octanol–water partition coefficient (Wildman–Crippen LogP) is 7.35. The molecule has 0 spiro atoms. The molecule has 0 saturated carbocycles. The molecule has 0 aliphatic heterocycles. The molecule has 1 aromatic rings. The molecule has 0 saturated heterocycles. The molecule has 6 nitrogen and oxygen atoms in total. The lowest BCUT2D eigenvalue weighted by atomic mass is 9.93. The summed E-state index contributed by atoms with van der Waals surface area (Å²) in [5, 5.41) is 6.91. The van der Waals surface area contributed by atoms with E-state index in [2.05, 4.69) is 37.6 Å². The molecule has 1 aromatic carbocycles. The number of nitrogens with zero attached hydrogens (tertiary/aromatic N) is 3. The second kappa shape index (κ2) is 18.4. The maximum Gasteiger partial charge on any atom is 0.224 e. The number of hydrazone groups is 1. The average Bonchev–Trinajstić information content (AvgIpc) is 2.95. The summed E-state index contributed by atoms with van der Waals surface area (Å²) in [7, 11) is 1.68. The number of ether oxygens (including phenoxy) is 1. The van der Waals surface area contributed by atoms with E-state index in [0.29, 0.717) is 13.0 Å². The summed E-state index contributed by atoms with van der Waals surface area (Å²) in [6.07, 6.45) is 17.2. The normalized spacial score (nSPS) is 15.7. The van der Waals surface area contributed by atoms with Gasteiger partial charge in [-0.05, 0) is 95.4 Å². The molecule has 1 amide bonds. The van der Waals surface area contributed by atoms with Gasteiger partial charge in [-0.3, -0.25) is 14.8 Å². The van der Waals surface area contributed by atoms with Crippen molar-refractivity contribution in [2.45, 2.75) is 61.3 Å². The average molecular weight is 545 g/mol. The van der Waals surface area contributed by atoms with Crippen molar-refractivity contribution in [2.24, 2.45) is 21.7 Å². The Labute approximate surface area is 242 Å². The molecule has 0 bridgehead atoms. The van der Waals surface area contributed by atoms with Crippen LogP contribution in [-0.4, -0.2) is 42.5 Å². The van der Waals surface area contributed by atoms with E-state index in [1.54, 1.807) is 7.11 Å². The Morgan fingerprint density at radius 2 is 1.88 bits per heavy atom. The van der Waals surface area contributed by atoms with Crippen molar-refractivity contribution in [3.05, 3.63) is 101 Å². The van der Waals surface area contributed by atoms with Gasteiger partial charge in [0.15, 0.2) is 0 Å². The summed E-state index contributed by atoms with van der Waals surface area (Å²) >= 11 is 0. The zero-order valence-corrected chi connectivity index (χ0v) is 25.7. The van der Waals surface area contributed by atoms with Crippen molar-refractivity contribution < 1.29 is 9.53 Å². The fourth-order valence-electron chi connectivity index (χ4n) is 3.93. The minimum absolute atomic E-state index is 0.237. The molecule has 216 valence electrons. The first-order valence-corrected chi connectivity index (χ1v) is 13.9. The number of carbonyl (C=O) groups is 1. The van der Waals surface area contributed by atoms with Crippen LogP contribution in [0.15, 0.2) is 100 Å². The number of primary amides is 1. The van der Waals surface area contributed by atoms with Gasteiger partial charge in [0.25, 0.3) is 0 Å². The van der Waals surface area contributed by atoms with E-state index >= 15 is 0 Å². The van der Waals surface area contributed by atoms with Gasteiger partial charge in [-0.1, -0.05) is 56.0 Å². The number of amides is 1. The standard InChI is InChI=1S/C23H31N3O2.C11H17N/c1-5-9-21(20-15-17(6-2)12-13-22(20)28-4)25-26(7-3)16-18-10-8-11-19(14-18)23(24)27;1-6-8-11(10(5)7-2)12-9(3)4/h5,8-13,15,19H,6-7,14,16H2,1-4H3,(H2,24,27);6-8H,2H2,1,3-5H3/b9-5-,25-21+;8-6-,11-10+/t19-;/m1./s1. The number of carbonyl (C=O) groups excluding carboxylic acids is 1. The van der Waals surface area contributed by atoms with Crippen LogP contribution in [-0.2, 0) is 11.2 Å². The van der Waals surface area contributed by atoms with Crippen LogP contribution in [0.1, 0.15) is 66.0 Å². The Morgan fingerprint density at radius 3 is 2.40 bits per heavy atom. The van der Waals surface area contributed by atoms with Crippen LogP contribution in [0, 0.1) is 5.92 Å². The molecule has 0 unspecified atom stereocenters. The number of rotatable bonds is 12. The first kappa shape index (κ1) is 34.1. The molecule has 0 fully saturated rings. The number of hydrogen-bond acceptors (Lipinski definition) is 5. The SMILES string of the molecule is C/C=C\C(=N/N(CC)CC1=CC=C[C@@H](C(N)=O)C1)c1cc(CC)ccc1OC.C=C/C(C)=C(\C=C/C)N=C(C)C. The smallest absolute Gasteiger partial charge is 0.224 e. The quantitative estimate of drug-likeness (QED) is 0.170. The van der Waals surface area contributed by atoms with Crippen LogP contribution in [0.3, 0.4) is 0 Å². The fraction of sp³-hybridized carbons (Fsp3) is 0.382. The van der Waals surface area contributed by atoms with Crippen LogP contribution in [0.5, 0.6) is 5.75 Å². The van der Waals surface area contributed by atoms with E-state index in [0.717, 1.165) is 52.5 Å². The second-order valence-electron chi connectivity index (χ2n) is 9.61. The topological polar surface area (TPSA) is 80.3 Å². The van der Waals surface area contributed by atoms with Crippen molar-refractivity contribution in [3.8, 4) is 5.75 Å². The van der Waals surface area contributed by atoms with E-state index < -0.39 is 0 Å². The predicted molar refractivity (Wildman–Crippen MR) is 172 cm³/mol. The zero-order valence-electron chi connectivity index (χ0n) is 25.7. The van der Waals surface area contributed by atoms with Crippen molar-refractivity contribution in [3.63, 3.8) is 0 Å². The Hall–Kier alpha value is -3.93. The lowest BCUT2D eigenvalue weighted by molar-refractivity contribution is -0.120. The third kappa shape index (κ3) is 11.4. The van der Waals surface area contributed by atoms with E-state index in [1.807, 2.05) is 94.3 Å². The van der Waals surface area contributed by atoms with Gasteiger partial charge in [0.05, 0.1) is 31.0 Å². The van der Waals surface area contributed by atoms with E-state index in [4.69, 9.17) is 15.6 Å². The van der Waals surface area contributed by atoms with Gasteiger partial charge in [-0.15, -0.1) is 0 Å². The molecule has 0 aromatic heterocycles. The van der Waals surface area contributed by atoms with E-state index in [1.165, 1.54) is 5.56 Å². The van der Waals surface area contributed by atoms with Crippen molar-refractivity contribution in [1.82, 2.24) is 5.01 Å². The van der Waals surface area contributed by atoms with Gasteiger partial charge in [0, 0.05) is 17.8 Å². The summed E-state index contributed by atoms with van der Waals surface area (Å²) < 4.78 is 5.57. The van der Waals surface area contributed by atoms with Gasteiger partial charge in [0.1, 0.15) is 5.75 Å². The van der Waals surface area contributed by atoms with E-state index in [9.17, 15) is 4.79 Å². The minimum atomic E-state index is -0.288. The Morgan fingerprint density at radius 1 is 1.18 bits per heavy atom. The Bertz CT molecular complexity index is 1210. The molecule has 0 radical (unpaired) electrons. The van der Waals surface area contributed by atoms with Crippen molar-refractivity contribution >= 4 is 17.3 Å². The number of allylic oxidation sites excluding steroid dienone is 8. The monoisotopic (exact) mass is 544 g/mol. The van der Waals surface area contributed by atoms with Crippen molar-refractivity contribution in [1.29, 1.82) is 0 Å². The third-order valence-corrected chi connectivity index (χ3v) is 6.17. The fourth-order valence-corrected chi connectivity index (χ4v) is 3.93. The van der Waals surface area contributed by atoms with Crippen LogP contribution in [0.4, 0.5) is 0 Å². The Balaban J connectivity index is 0.000000562. The van der Waals surface area contributed by atoms with Gasteiger partial charge < -0.3 is 10.5 Å². The maximum atomic E-state index is 11.5. The number of hydrogen-bond donors (Lipinski definition) is 1. The van der Waals surface area contributed by atoms with Crippen molar-refractivity contribution in [2.75, 3.05) is 20.2 Å². The van der Waals surface area contributed by atoms with Gasteiger partial charge in [-0.25, -0.2) is 0 Å². The maximum absolute atomic E-state index is 11.5. The second-order valence-corrected chi connectivity index (χ2v) is 9.61. The summed E-state index contributed by atoms with van der Waals surface area (Å²) in [6.45, 7) is 19.3. The number of nitrogens with two attached hydrogens (primary N) is 1. The number of likely N-dealkylation sites (N-methyl/N-ethyl adjacent to an activating group) is 1. The number of benzene rings is 1. The van der Waals surface area contributed by atoms with Crippen LogP contribution < -0.4 is 10.5 Å². The lowest BCUT2D eigenvalue weighted by Crippen LogP contribution is -2.27. The number of aliphatic imine (C=N–C) groups is 1. The van der Waals surface area contributed by atoms with Gasteiger partial charge >= 0.3 is 0 Å². The molecule has 0 heterocycles. The Kier molecular flexibility index (Phi) is 15.7. The largest absolute Gasteiger partial charge is 0.496 e. The first-order valence-electron chi connectivity index (χ1n) is 13.9. The highest BCUT2D eigenvalue weighted by atomic mass is 16.5. The lowest BCUT2D eigenvalue weighted by Gasteiger charge is -2.23. The third-order valence-electron chi connectivity index (χ3n) is 6.17. The molecule has 2 N–H and O–H groups in total. The molecule has 6 heteroatoms. The summed E-state index contributed by atoms with van der Waals surface area (Å²) in [6, 6.07) is 6.21. The number of methoxy groups -OCH3 is 1. The minimum Gasteiger partial charge on any atom is -0.496 e. The van der Waals surface area contributed by atoms with Crippen LogP contribution in [0.2, 0.25) is 0 Å². The van der Waals surface area contributed by atoms with Gasteiger partial charge in [-0.2, -0.15) is 5.10 Å². The van der Waals surface area contributed by atoms with Gasteiger partial charge in [0.2, 0.25) is 5.91 Å². The van der Waals surface area contributed by atoms with Crippen LogP contribution in [0.25, 0.3) is 0 Å². The molecule has 2 rings (SSSR count). The molecule has 1 aliphatic rings. The summed E-state index contributed by atoms with van der Waals surface area (Å²) in [5.74, 6) is 0.279. The molecular formula is C34H48N4O2. The van der Waals surface area contributed by atoms with E-state index in [-0.39, 0.29) is 11.8 Å². The summed E-state index contributed by atoms with van der Waals surface area (Å²) in [4.78, 5) is 15.9.